The second-order valence-corrected chi connectivity index (χ2v) is 5.70. The molecule has 0 saturated heterocycles. The summed E-state index contributed by atoms with van der Waals surface area (Å²) in [4.78, 5) is 0. The number of hydrogen-bond donors (Lipinski definition) is 0. The average molecular weight is 350 g/mol. The highest BCUT2D eigenvalue weighted by Gasteiger charge is 2.12. The fraction of sp³-hybridized carbons (Fsp3) is 0.538. The Bertz CT molecular complexity index is 315. The van der Waals surface area contributed by atoms with Crippen LogP contribution in [0.3, 0.4) is 0 Å². The molecule has 0 aliphatic carbocycles. The molecule has 90 valence electrons. The highest BCUT2D eigenvalue weighted by Crippen LogP contribution is 2.20. The fourth-order valence-corrected chi connectivity index (χ4v) is 2.70. The van der Waals surface area contributed by atoms with Gasteiger partial charge >= 0.3 is 0 Å². The van der Waals surface area contributed by atoms with Crippen molar-refractivity contribution in [3.63, 3.8) is 0 Å². The first-order chi connectivity index (χ1) is 7.65. The molecule has 0 radical (unpaired) electrons. The predicted octanol–water partition coefficient (Wildman–Crippen LogP) is 4.43. The van der Waals surface area contributed by atoms with Crippen molar-refractivity contribution in [3.05, 3.63) is 34.3 Å². The van der Waals surface area contributed by atoms with E-state index in [0.717, 1.165) is 22.6 Å². The summed E-state index contributed by atoms with van der Waals surface area (Å²) in [6.07, 6.45) is 2.52. The maximum atomic E-state index is 5.31. The number of rotatable bonds is 6. The molecule has 0 N–H and O–H groups in total. The van der Waals surface area contributed by atoms with Gasteiger partial charge in [-0.3, -0.25) is 0 Å². The van der Waals surface area contributed by atoms with Gasteiger partial charge in [0.15, 0.2) is 0 Å². The van der Waals surface area contributed by atoms with Crippen LogP contribution >= 0.6 is 31.9 Å². The minimum absolute atomic E-state index is 0.328. The van der Waals surface area contributed by atoms with Gasteiger partial charge in [0, 0.05) is 16.9 Å². The van der Waals surface area contributed by atoms with E-state index in [2.05, 4.69) is 63.0 Å². The second kappa shape index (κ2) is 7.46. The molecule has 0 heterocycles. The molecule has 16 heavy (non-hydrogen) atoms. The van der Waals surface area contributed by atoms with Crippen LogP contribution in [0, 0.1) is 5.92 Å². The van der Waals surface area contributed by atoms with E-state index in [0.29, 0.717) is 12.0 Å². The molecular weight excluding hydrogens is 332 g/mol. The smallest absolute Gasteiger partial charge is 0.0546 e. The first-order valence-electron chi connectivity index (χ1n) is 5.49. The van der Waals surface area contributed by atoms with Crippen molar-refractivity contribution in [1.82, 2.24) is 0 Å². The Morgan fingerprint density at radius 3 is 2.69 bits per heavy atom. The predicted molar refractivity (Wildman–Crippen MR) is 76.2 cm³/mol. The van der Waals surface area contributed by atoms with Crippen LogP contribution in [0.5, 0.6) is 0 Å². The normalized spacial score (nSPS) is 14.8. The summed E-state index contributed by atoms with van der Waals surface area (Å²) < 4.78 is 6.46. The highest BCUT2D eigenvalue weighted by molar-refractivity contribution is 9.10. The number of halogens is 2. The van der Waals surface area contributed by atoms with E-state index in [1.165, 1.54) is 5.56 Å². The zero-order valence-electron chi connectivity index (χ0n) is 9.75. The highest BCUT2D eigenvalue weighted by atomic mass is 79.9. The SMILES string of the molecule is COC(C)CC(CBr)Cc1cccc(Br)c1. The number of ether oxygens (including phenoxy) is 1. The standard InChI is InChI=1S/C13H18Br2O/c1-10(16-2)6-12(9-14)7-11-4-3-5-13(15)8-11/h3-5,8,10,12H,6-7,9H2,1-2H3. The molecule has 0 bridgehead atoms. The van der Waals surface area contributed by atoms with Crippen molar-refractivity contribution in [2.45, 2.75) is 25.9 Å². The molecule has 0 aromatic heterocycles. The van der Waals surface area contributed by atoms with Crippen molar-refractivity contribution in [2.75, 3.05) is 12.4 Å². The van der Waals surface area contributed by atoms with E-state index in [1.54, 1.807) is 7.11 Å². The number of alkyl halides is 1. The summed E-state index contributed by atoms with van der Waals surface area (Å²) in [6.45, 7) is 2.12. The summed E-state index contributed by atoms with van der Waals surface area (Å²) in [6, 6.07) is 8.51. The zero-order valence-corrected chi connectivity index (χ0v) is 12.9. The maximum Gasteiger partial charge on any atom is 0.0546 e. The summed E-state index contributed by atoms with van der Waals surface area (Å²) in [5.41, 5.74) is 1.38. The molecule has 0 saturated carbocycles. The zero-order chi connectivity index (χ0) is 12.0. The van der Waals surface area contributed by atoms with Gasteiger partial charge in [-0.1, -0.05) is 44.0 Å². The molecule has 0 spiro atoms. The molecule has 1 aromatic rings. The Morgan fingerprint density at radius 2 is 2.12 bits per heavy atom. The molecule has 0 aliphatic heterocycles. The van der Waals surface area contributed by atoms with Gasteiger partial charge in [0.1, 0.15) is 0 Å². The largest absolute Gasteiger partial charge is 0.382 e. The fourth-order valence-electron chi connectivity index (χ4n) is 1.76. The van der Waals surface area contributed by atoms with Crippen LogP contribution in [-0.2, 0) is 11.2 Å². The summed E-state index contributed by atoms with van der Waals surface area (Å²) in [5, 5.41) is 1.02. The quantitative estimate of drug-likeness (QED) is 0.690. The minimum Gasteiger partial charge on any atom is -0.382 e. The van der Waals surface area contributed by atoms with E-state index in [1.807, 2.05) is 0 Å². The van der Waals surface area contributed by atoms with Crippen LogP contribution in [0.25, 0.3) is 0 Å². The van der Waals surface area contributed by atoms with Crippen molar-refractivity contribution < 1.29 is 4.74 Å². The monoisotopic (exact) mass is 348 g/mol. The summed E-state index contributed by atoms with van der Waals surface area (Å²) >= 11 is 7.08. The van der Waals surface area contributed by atoms with Gasteiger partial charge in [-0.2, -0.15) is 0 Å². The van der Waals surface area contributed by atoms with Gasteiger partial charge in [-0.15, -0.1) is 0 Å². The van der Waals surface area contributed by atoms with Crippen LogP contribution in [0.15, 0.2) is 28.7 Å². The Labute approximate surface area is 115 Å². The molecule has 0 aliphatic rings. The molecular formula is C13H18Br2O. The van der Waals surface area contributed by atoms with E-state index < -0.39 is 0 Å². The Balaban J connectivity index is 2.56. The van der Waals surface area contributed by atoms with Gasteiger partial charge in [0.2, 0.25) is 0 Å². The van der Waals surface area contributed by atoms with E-state index >= 15 is 0 Å². The van der Waals surface area contributed by atoms with Crippen molar-refractivity contribution >= 4 is 31.9 Å². The van der Waals surface area contributed by atoms with Crippen molar-refractivity contribution in [2.24, 2.45) is 5.92 Å². The van der Waals surface area contributed by atoms with Crippen molar-refractivity contribution in [1.29, 1.82) is 0 Å². The van der Waals surface area contributed by atoms with Crippen LogP contribution in [0.2, 0.25) is 0 Å². The molecule has 3 heteroatoms. The third kappa shape index (κ3) is 4.98. The Hall–Kier alpha value is 0.140. The van der Waals surface area contributed by atoms with Crippen LogP contribution < -0.4 is 0 Å². The number of hydrogen-bond acceptors (Lipinski definition) is 1. The van der Waals surface area contributed by atoms with Gasteiger partial charge in [-0.25, -0.2) is 0 Å². The second-order valence-electron chi connectivity index (χ2n) is 4.14. The number of methoxy groups -OCH3 is 1. The molecule has 1 rings (SSSR count). The lowest BCUT2D eigenvalue weighted by Crippen LogP contribution is -2.15. The Morgan fingerprint density at radius 1 is 1.38 bits per heavy atom. The summed E-state index contributed by atoms with van der Waals surface area (Å²) in [5.74, 6) is 0.629. The molecule has 1 nitrogen and oxygen atoms in total. The van der Waals surface area contributed by atoms with Gasteiger partial charge < -0.3 is 4.74 Å². The number of benzene rings is 1. The van der Waals surface area contributed by atoms with Gasteiger partial charge in [0.25, 0.3) is 0 Å². The van der Waals surface area contributed by atoms with Crippen molar-refractivity contribution in [3.8, 4) is 0 Å². The van der Waals surface area contributed by atoms with Crippen LogP contribution in [-0.4, -0.2) is 18.5 Å². The minimum atomic E-state index is 0.328. The molecule has 1 aromatic carbocycles. The first-order valence-corrected chi connectivity index (χ1v) is 7.40. The van der Waals surface area contributed by atoms with Gasteiger partial charge in [-0.05, 0) is 43.4 Å². The van der Waals surface area contributed by atoms with E-state index in [-0.39, 0.29) is 0 Å². The molecule has 2 unspecified atom stereocenters. The average Bonchev–Trinajstić information content (AvgIpc) is 2.28. The summed E-state index contributed by atoms with van der Waals surface area (Å²) in [7, 11) is 1.77. The third-order valence-electron chi connectivity index (χ3n) is 2.70. The van der Waals surface area contributed by atoms with E-state index in [9.17, 15) is 0 Å². The van der Waals surface area contributed by atoms with Crippen LogP contribution in [0.1, 0.15) is 18.9 Å². The Kier molecular flexibility index (Phi) is 6.62. The lowest BCUT2D eigenvalue weighted by Gasteiger charge is -2.18. The molecule has 0 fully saturated rings. The van der Waals surface area contributed by atoms with E-state index in [4.69, 9.17) is 4.74 Å². The topological polar surface area (TPSA) is 9.23 Å². The lowest BCUT2D eigenvalue weighted by atomic mass is 9.96. The maximum absolute atomic E-state index is 5.31. The lowest BCUT2D eigenvalue weighted by molar-refractivity contribution is 0.0981. The van der Waals surface area contributed by atoms with Gasteiger partial charge in [0.05, 0.1) is 6.10 Å². The molecule has 2 atom stereocenters. The molecule has 0 amide bonds. The first kappa shape index (κ1) is 14.2. The third-order valence-corrected chi connectivity index (χ3v) is 4.11. The van der Waals surface area contributed by atoms with Crippen LogP contribution in [0.4, 0.5) is 0 Å².